The molecular formula is C15H21F2NO4S. The van der Waals surface area contributed by atoms with Crippen molar-refractivity contribution < 1.29 is 26.7 Å². The normalized spacial score (nSPS) is 17.5. The monoisotopic (exact) mass is 349 g/mol. The molecule has 5 nitrogen and oxygen atoms in total. The molecule has 1 fully saturated rings. The zero-order valence-corrected chi connectivity index (χ0v) is 13.8. The Morgan fingerprint density at radius 3 is 2.30 bits per heavy atom. The van der Waals surface area contributed by atoms with Gasteiger partial charge in [0.25, 0.3) is 0 Å². The lowest BCUT2D eigenvalue weighted by molar-refractivity contribution is 0.0410. The lowest BCUT2D eigenvalue weighted by Crippen LogP contribution is -2.39. The van der Waals surface area contributed by atoms with E-state index in [0.29, 0.717) is 51.8 Å². The zero-order chi connectivity index (χ0) is 16.9. The van der Waals surface area contributed by atoms with Crippen LogP contribution in [0.2, 0.25) is 0 Å². The van der Waals surface area contributed by atoms with Gasteiger partial charge in [-0.3, -0.25) is 0 Å². The zero-order valence-electron chi connectivity index (χ0n) is 13.0. The van der Waals surface area contributed by atoms with E-state index in [1.165, 1.54) is 4.31 Å². The van der Waals surface area contributed by atoms with Gasteiger partial charge < -0.3 is 9.47 Å². The van der Waals surface area contributed by atoms with Crippen LogP contribution in [-0.2, 0) is 19.5 Å². The highest BCUT2D eigenvalue weighted by Gasteiger charge is 2.30. The number of hydrogen-bond acceptors (Lipinski definition) is 4. The van der Waals surface area contributed by atoms with Crippen molar-refractivity contribution in [2.24, 2.45) is 5.92 Å². The van der Waals surface area contributed by atoms with Crippen molar-refractivity contribution in [1.29, 1.82) is 0 Å². The number of sulfonamides is 1. The first kappa shape index (κ1) is 18.3. The van der Waals surface area contributed by atoms with Gasteiger partial charge in [0, 0.05) is 32.9 Å². The third-order valence-electron chi connectivity index (χ3n) is 3.83. The first-order valence-electron chi connectivity index (χ1n) is 7.46. The van der Waals surface area contributed by atoms with Crippen LogP contribution in [0.15, 0.2) is 23.1 Å². The molecule has 1 aromatic rings. The molecule has 2 rings (SSSR count). The molecule has 1 saturated heterocycles. The minimum atomic E-state index is -3.87. The Morgan fingerprint density at radius 2 is 1.74 bits per heavy atom. The summed E-state index contributed by atoms with van der Waals surface area (Å²) in [5.74, 6) is -1.52. The van der Waals surface area contributed by atoms with Crippen molar-refractivity contribution in [3.63, 3.8) is 0 Å². The summed E-state index contributed by atoms with van der Waals surface area (Å²) < 4.78 is 63.0. The minimum Gasteiger partial charge on any atom is -0.382 e. The molecule has 0 atom stereocenters. The fraction of sp³-hybridized carbons (Fsp3) is 0.600. The van der Waals surface area contributed by atoms with Crippen LogP contribution in [0.5, 0.6) is 0 Å². The minimum absolute atomic E-state index is 0.280. The van der Waals surface area contributed by atoms with Crippen LogP contribution in [-0.4, -0.2) is 52.7 Å². The van der Waals surface area contributed by atoms with Gasteiger partial charge in [-0.15, -0.1) is 0 Å². The summed E-state index contributed by atoms with van der Waals surface area (Å²) in [7, 11) is -2.27. The number of rotatable bonds is 7. The number of benzene rings is 1. The summed E-state index contributed by atoms with van der Waals surface area (Å²) in [6.07, 6.45) is 1.31. The molecule has 1 aliphatic heterocycles. The molecule has 23 heavy (non-hydrogen) atoms. The van der Waals surface area contributed by atoms with E-state index in [0.717, 1.165) is 12.1 Å². The van der Waals surface area contributed by atoms with Gasteiger partial charge in [0.1, 0.15) is 11.6 Å². The van der Waals surface area contributed by atoms with Gasteiger partial charge in [0.2, 0.25) is 10.0 Å². The van der Waals surface area contributed by atoms with Crippen LogP contribution in [0.3, 0.4) is 0 Å². The van der Waals surface area contributed by atoms with Crippen molar-refractivity contribution in [3.8, 4) is 0 Å². The van der Waals surface area contributed by atoms with Gasteiger partial charge in [0.15, 0.2) is 0 Å². The molecule has 0 bridgehead atoms. The Balaban J connectivity index is 1.93. The topological polar surface area (TPSA) is 55.8 Å². The molecule has 1 heterocycles. The lowest BCUT2D eigenvalue weighted by Gasteiger charge is -2.31. The number of nitrogens with zero attached hydrogens (tertiary/aromatic N) is 1. The molecule has 0 aromatic heterocycles. The molecule has 0 aliphatic carbocycles. The average Bonchev–Trinajstić information content (AvgIpc) is 2.51. The second-order valence-corrected chi connectivity index (χ2v) is 7.46. The van der Waals surface area contributed by atoms with Gasteiger partial charge in [-0.2, -0.15) is 4.31 Å². The molecular weight excluding hydrogens is 328 g/mol. The van der Waals surface area contributed by atoms with E-state index in [-0.39, 0.29) is 10.8 Å². The number of piperidine rings is 1. The molecule has 1 aliphatic rings. The molecule has 0 spiro atoms. The molecule has 0 N–H and O–H groups in total. The average molecular weight is 349 g/mol. The lowest BCUT2D eigenvalue weighted by atomic mass is 9.99. The van der Waals surface area contributed by atoms with Gasteiger partial charge in [-0.25, -0.2) is 17.2 Å². The predicted molar refractivity (Wildman–Crippen MR) is 80.5 cm³/mol. The van der Waals surface area contributed by atoms with E-state index in [9.17, 15) is 17.2 Å². The van der Waals surface area contributed by atoms with Crippen molar-refractivity contribution in [3.05, 3.63) is 29.8 Å². The second kappa shape index (κ2) is 8.14. The van der Waals surface area contributed by atoms with Crippen molar-refractivity contribution in [1.82, 2.24) is 4.31 Å². The van der Waals surface area contributed by atoms with Crippen LogP contribution in [0, 0.1) is 17.6 Å². The maximum atomic E-state index is 13.2. The molecule has 8 heteroatoms. The van der Waals surface area contributed by atoms with Crippen LogP contribution < -0.4 is 0 Å². The Kier molecular flexibility index (Phi) is 6.46. The fourth-order valence-corrected chi connectivity index (χ4v) is 4.05. The number of ether oxygens (including phenoxy) is 2. The van der Waals surface area contributed by atoms with Gasteiger partial charge in [-0.1, -0.05) is 0 Å². The maximum absolute atomic E-state index is 13.2. The smallest absolute Gasteiger partial charge is 0.243 e. The number of methoxy groups -OCH3 is 1. The summed E-state index contributed by atoms with van der Waals surface area (Å²) in [6.45, 7) is 2.24. The Bertz CT molecular complexity index is 596. The number of halogens is 2. The Morgan fingerprint density at radius 1 is 1.13 bits per heavy atom. The summed E-state index contributed by atoms with van der Waals surface area (Å²) in [6, 6.07) is 2.35. The highest BCUT2D eigenvalue weighted by Crippen LogP contribution is 2.25. The first-order valence-corrected chi connectivity index (χ1v) is 8.90. The Hall–Kier alpha value is -1.09. The van der Waals surface area contributed by atoms with E-state index in [2.05, 4.69) is 0 Å². The third kappa shape index (κ3) is 4.94. The highest BCUT2D eigenvalue weighted by molar-refractivity contribution is 7.89. The quantitative estimate of drug-likeness (QED) is 0.707. The van der Waals surface area contributed by atoms with Crippen molar-refractivity contribution in [2.45, 2.75) is 17.7 Å². The molecule has 0 amide bonds. The SMILES string of the molecule is COCCOCC1CCN(S(=O)(=O)c2cc(F)cc(F)c2)CC1. The van der Waals surface area contributed by atoms with Gasteiger partial charge >= 0.3 is 0 Å². The second-order valence-electron chi connectivity index (χ2n) is 5.52. The summed E-state index contributed by atoms with van der Waals surface area (Å²) >= 11 is 0. The highest BCUT2D eigenvalue weighted by atomic mass is 32.2. The van der Waals surface area contributed by atoms with E-state index in [1.54, 1.807) is 7.11 Å². The molecule has 130 valence electrons. The maximum Gasteiger partial charge on any atom is 0.243 e. The van der Waals surface area contributed by atoms with Crippen LogP contribution in [0.1, 0.15) is 12.8 Å². The van der Waals surface area contributed by atoms with Crippen LogP contribution in [0.25, 0.3) is 0 Å². The first-order chi connectivity index (χ1) is 10.9. The van der Waals surface area contributed by atoms with Crippen molar-refractivity contribution >= 4 is 10.0 Å². The van der Waals surface area contributed by atoms with Crippen LogP contribution in [0.4, 0.5) is 8.78 Å². The summed E-state index contributed by atoms with van der Waals surface area (Å²) in [4.78, 5) is -0.343. The summed E-state index contributed by atoms with van der Waals surface area (Å²) in [5.41, 5.74) is 0. The standard InChI is InChI=1S/C15H21F2NO4S/c1-21-6-7-22-11-12-2-4-18(5-3-12)23(19,20)15-9-13(16)8-14(17)10-15/h8-10,12H,2-7,11H2,1H3. The summed E-state index contributed by atoms with van der Waals surface area (Å²) in [5, 5.41) is 0. The molecule has 0 radical (unpaired) electrons. The molecule has 0 saturated carbocycles. The van der Waals surface area contributed by atoms with Crippen molar-refractivity contribution in [2.75, 3.05) is 40.0 Å². The fourth-order valence-electron chi connectivity index (χ4n) is 2.54. The third-order valence-corrected chi connectivity index (χ3v) is 5.71. The van der Waals surface area contributed by atoms with Gasteiger partial charge in [-0.05, 0) is 30.9 Å². The molecule has 0 unspecified atom stereocenters. The predicted octanol–water partition coefficient (Wildman–Crippen LogP) is 2.03. The molecule has 1 aromatic carbocycles. The van der Waals surface area contributed by atoms with E-state index >= 15 is 0 Å². The van der Waals surface area contributed by atoms with Crippen LogP contribution >= 0.6 is 0 Å². The Labute approximate surface area is 135 Å². The largest absolute Gasteiger partial charge is 0.382 e. The van der Waals surface area contributed by atoms with E-state index < -0.39 is 21.7 Å². The number of hydrogen-bond donors (Lipinski definition) is 0. The van der Waals surface area contributed by atoms with E-state index in [4.69, 9.17) is 9.47 Å². The van der Waals surface area contributed by atoms with E-state index in [1.807, 2.05) is 0 Å². The van der Waals surface area contributed by atoms with Gasteiger partial charge in [0.05, 0.1) is 18.1 Å².